The molecule has 5 heteroatoms. The van der Waals surface area contributed by atoms with E-state index in [4.69, 9.17) is 4.42 Å². The molecule has 0 unspecified atom stereocenters. The highest BCUT2D eigenvalue weighted by Crippen LogP contribution is 2.24. The molecule has 0 fully saturated rings. The molecule has 140 valence electrons. The third kappa shape index (κ3) is 4.04. The Labute approximate surface area is 163 Å². The van der Waals surface area contributed by atoms with E-state index in [1.165, 1.54) is 17.9 Å². The van der Waals surface area contributed by atoms with Crippen molar-refractivity contribution in [1.29, 1.82) is 0 Å². The zero-order chi connectivity index (χ0) is 19.3. The molecule has 1 aliphatic rings. The van der Waals surface area contributed by atoms with Gasteiger partial charge in [-0.2, -0.15) is 0 Å². The summed E-state index contributed by atoms with van der Waals surface area (Å²) in [5.41, 5.74) is 3.92. The van der Waals surface area contributed by atoms with Crippen molar-refractivity contribution in [2.45, 2.75) is 13.0 Å². The third-order valence-corrected chi connectivity index (χ3v) is 4.73. The molecule has 1 aliphatic heterocycles. The lowest BCUT2D eigenvalue weighted by Crippen LogP contribution is -2.35. The highest BCUT2D eigenvalue weighted by Gasteiger charge is 2.23. The van der Waals surface area contributed by atoms with E-state index in [9.17, 15) is 9.59 Å². The molecule has 2 amide bonds. The Balaban J connectivity index is 1.44. The van der Waals surface area contributed by atoms with Crippen LogP contribution in [0.2, 0.25) is 0 Å². The standard InChI is InChI=1S/C23H20N2O3/c26-22(11-8-17-5-2-1-3-6-17)24-20-10-9-18-12-13-25(16-19(18)15-20)23(27)21-7-4-14-28-21/h1-11,14-15H,12-13,16H2,(H,24,26)/b11-8+. The van der Waals surface area contributed by atoms with Crippen molar-refractivity contribution in [3.8, 4) is 0 Å². The van der Waals surface area contributed by atoms with E-state index in [-0.39, 0.29) is 11.8 Å². The summed E-state index contributed by atoms with van der Waals surface area (Å²) in [4.78, 5) is 26.5. The number of carbonyl (C=O) groups excluding carboxylic acids is 2. The number of hydrogen-bond acceptors (Lipinski definition) is 3. The van der Waals surface area contributed by atoms with Crippen LogP contribution in [0.15, 0.2) is 77.4 Å². The monoisotopic (exact) mass is 372 g/mol. The summed E-state index contributed by atoms with van der Waals surface area (Å²) in [6, 6.07) is 18.9. The Hall–Kier alpha value is -3.60. The maximum absolute atomic E-state index is 12.5. The second-order valence-electron chi connectivity index (χ2n) is 6.67. The first-order valence-corrected chi connectivity index (χ1v) is 9.18. The molecule has 3 aromatic rings. The average Bonchev–Trinajstić information content (AvgIpc) is 3.27. The normalized spacial score (nSPS) is 13.4. The molecule has 2 heterocycles. The number of rotatable bonds is 4. The lowest BCUT2D eigenvalue weighted by atomic mass is 9.99. The van der Waals surface area contributed by atoms with Gasteiger partial charge < -0.3 is 14.6 Å². The molecule has 5 nitrogen and oxygen atoms in total. The lowest BCUT2D eigenvalue weighted by molar-refractivity contribution is -0.111. The highest BCUT2D eigenvalue weighted by atomic mass is 16.3. The van der Waals surface area contributed by atoms with Crippen LogP contribution in [0.5, 0.6) is 0 Å². The van der Waals surface area contributed by atoms with E-state index < -0.39 is 0 Å². The minimum absolute atomic E-state index is 0.115. The molecule has 28 heavy (non-hydrogen) atoms. The van der Waals surface area contributed by atoms with Gasteiger partial charge >= 0.3 is 0 Å². The van der Waals surface area contributed by atoms with E-state index in [2.05, 4.69) is 5.32 Å². The van der Waals surface area contributed by atoms with Crippen LogP contribution in [-0.4, -0.2) is 23.3 Å². The van der Waals surface area contributed by atoms with Gasteiger partial charge in [-0.15, -0.1) is 0 Å². The zero-order valence-electron chi connectivity index (χ0n) is 15.3. The molecular formula is C23H20N2O3. The Morgan fingerprint density at radius 3 is 2.64 bits per heavy atom. The van der Waals surface area contributed by atoms with E-state index in [0.29, 0.717) is 24.5 Å². The summed E-state index contributed by atoms with van der Waals surface area (Å²) in [6.45, 7) is 1.15. The zero-order valence-corrected chi connectivity index (χ0v) is 15.3. The van der Waals surface area contributed by atoms with Crippen LogP contribution in [-0.2, 0) is 17.8 Å². The summed E-state index contributed by atoms with van der Waals surface area (Å²) in [6.07, 6.45) is 5.57. The largest absolute Gasteiger partial charge is 0.459 e. The Morgan fingerprint density at radius 2 is 1.86 bits per heavy atom. The van der Waals surface area contributed by atoms with Gasteiger partial charge in [-0.05, 0) is 53.5 Å². The number of nitrogens with one attached hydrogen (secondary N) is 1. The van der Waals surface area contributed by atoms with Crippen LogP contribution < -0.4 is 5.32 Å². The molecule has 1 aromatic heterocycles. The first-order valence-electron chi connectivity index (χ1n) is 9.18. The maximum Gasteiger partial charge on any atom is 0.289 e. The smallest absolute Gasteiger partial charge is 0.289 e. The molecule has 2 aromatic carbocycles. The van der Waals surface area contributed by atoms with Gasteiger partial charge in [0.25, 0.3) is 5.91 Å². The second kappa shape index (κ2) is 7.96. The van der Waals surface area contributed by atoms with Gasteiger partial charge in [0.15, 0.2) is 5.76 Å². The first kappa shape index (κ1) is 17.8. The van der Waals surface area contributed by atoms with Crippen molar-refractivity contribution < 1.29 is 14.0 Å². The van der Waals surface area contributed by atoms with Crippen molar-refractivity contribution in [3.05, 3.63) is 95.5 Å². The first-order chi connectivity index (χ1) is 13.7. The molecular weight excluding hydrogens is 352 g/mol. The molecule has 1 N–H and O–H groups in total. The van der Waals surface area contributed by atoms with Crippen molar-refractivity contribution in [3.63, 3.8) is 0 Å². The average molecular weight is 372 g/mol. The molecule has 0 aliphatic carbocycles. The third-order valence-electron chi connectivity index (χ3n) is 4.73. The molecule has 0 bridgehead atoms. The quantitative estimate of drug-likeness (QED) is 0.701. The van der Waals surface area contributed by atoms with Gasteiger partial charge in [0, 0.05) is 24.9 Å². The van der Waals surface area contributed by atoms with Gasteiger partial charge in [0.05, 0.1) is 6.26 Å². The van der Waals surface area contributed by atoms with Gasteiger partial charge in [-0.1, -0.05) is 36.4 Å². The van der Waals surface area contributed by atoms with E-state index in [1.807, 2.05) is 48.5 Å². The Bertz CT molecular complexity index is 1010. The van der Waals surface area contributed by atoms with Crippen molar-refractivity contribution in [1.82, 2.24) is 4.90 Å². The van der Waals surface area contributed by atoms with E-state index >= 15 is 0 Å². The summed E-state index contributed by atoms with van der Waals surface area (Å²) in [7, 11) is 0. The van der Waals surface area contributed by atoms with Crippen molar-refractivity contribution in [2.24, 2.45) is 0 Å². The van der Waals surface area contributed by atoms with E-state index in [0.717, 1.165) is 17.5 Å². The SMILES string of the molecule is O=C(/C=C/c1ccccc1)Nc1ccc2c(c1)CN(C(=O)c1ccco1)CC2. The predicted octanol–water partition coefficient (Wildman–Crippen LogP) is 4.13. The van der Waals surface area contributed by atoms with Gasteiger partial charge in [-0.25, -0.2) is 0 Å². The summed E-state index contributed by atoms with van der Waals surface area (Å²) in [5, 5.41) is 2.89. The number of anilines is 1. The second-order valence-corrected chi connectivity index (χ2v) is 6.67. The number of nitrogens with zero attached hydrogens (tertiary/aromatic N) is 1. The summed E-state index contributed by atoms with van der Waals surface area (Å²) >= 11 is 0. The van der Waals surface area contributed by atoms with Gasteiger partial charge in [0.1, 0.15) is 0 Å². The number of carbonyl (C=O) groups is 2. The molecule has 0 spiro atoms. The van der Waals surface area contributed by atoms with Crippen molar-refractivity contribution in [2.75, 3.05) is 11.9 Å². The highest BCUT2D eigenvalue weighted by molar-refractivity contribution is 6.02. The molecule has 4 rings (SSSR count). The van der Waals surface area contributed by atoms with E-state index in [1.54, 1.807) is 23.1 Å². The predicted molar refractivity (Wildman–Crippen MR) is 108 cm³/mol. The molecule has 0 radical (unpaired) electrons. The fraction of sp³-hybridized carbons (Fsp3) is 0.130. The van der Waals surface area contributed by atoms with Crippen LogP contribution in [0.4, 0.5) is 5.69 Å². The van der Waals surface area contributed by atoms with Gasteiger partial charge in [-0.3, -0.25) is 9.59 Å². The number of amides is 2. The van der Waals surface area contributed by atoms with Crippen LogP contribution >= 0.6 is 0 Å². The number of benzene rings is 2. The van der Waals surface area contributed by atoms with Crippen molar-refractivity contribution >= 4 is 23.6 Å². The van der Waals surface area contributed by atoms with Crippen LogP contribution in [0.1, 0.15) is 27.2 Å². The van der Waals surface area contributed by atoms with Gasteiger partial charge in [0.2, 0.25) is 5.91 Å². The van der Waals surface area contributed by atoms with Crippen LogP contribution in [0, 0.1) is 0 Å². The fourth-order valence-corrected chi connectivity index (χ4v) is 3.28. The molecule has 0 saturated heterocycles. The summed E-state index contributed by atoms with van der Waals surface area (Å²) in [5.74, 6) is 0.0398. The van der Waals surface area contributed by atoms with Crippen LogP contribution in [0.25, 0.3) is 6.08 Å². The topological polar surface area (TPSA) is 62.6 Å². The minimum atomic E-state index is -0.192. The Morgan fingerprint density at radius 1 is 1.00 bits per heavy atom. The number of hydrogen-bond donors (Lipinski definition) is 1. The minimum Gasteiger partial charge on any atom is -0.459 e. The lowest BCUT2D eigenvalue weighted by Gasteiger charge is -2.28. The fourth-order valence-electron chi connectivity index (χ4n) is 3.28. The molecule has 0 atom stereocenters. The maximum atomic E-state index is 12.5. The van der Waals surface area contributed by atoms with Crippen LogP contribution in [0.3, 0.4) is 0 Å². The Kier molecular flexibility index (Phi) is 5.06. The number of furan rings is 1. The molecule has 0 saturated carbocycles. The summed E-state index contributed by atoms with van der Waals surface area (Å²) < 4.78 is 5.22. The number of fused-ring (bicyclic) bond motifs is 1.